The Labute approximate surface area is 166 Å². The highest BCUT2D eigenvalue weighted by Gasteiger charge is 2.08. The number of halogens is 3. The van der Waals surface area contributed by atoms with E-state index in [9.17, 15) is 4.79 Å². The first-order valence-electron chi connectivity index (χ1n) is 7.57. The van der Waals surface area contributed by atoms with Crippen molar-refractivity contribution in [3.8, 4) is 0 Å². The van der Waals surface area contributed by atoms with Gasteiger partial charge < -0.3 is 5.32 Å². The molecule has 24 heavy (non-hydrogen) atoms. The number of nitrogens with zero attached hydrogens (tertiary/aromatic N) is 1. The maximum atomic E-state index is 12.0. The molecule has 0 saturated heterocycles. The second kappa shape index (κ2) is 11.1. The molecule has 3 nitrogen and oxygen atoms in total. The van der Waals surface area contributed by atoms with Crippen molar-refractivity contribution in [1.82, 2.24) is 10.2 Å². The normalized spacial score (nSPS) is 10.3. The molecule has 2 rings (SSSR count). The van der Waals surface area contributed by atoms with Crippen LogP contribution < -0.4 is 5.32 Å². The highest BCUT2D eigenvalue weighted by Crippen LogP contribution is 2.23. The van der Waals surface area contributed by atoms with E-state index in [1.165, 1.54) is 4.88 Å². The average Bonchev–Trinajstić information content (AvgIpc) is 2.91. The third-order valence-corrected chi connectivity index (χ3v) is 4.92. The Morgan fingerprint density at radius 2 is 1.83 bits per heavy atom. The number of nitrogens with one attached hydrogen (secondary N) is 1. The summed E-state index contributed by atoms with van der Waals surface area (Å²) in [6.45, 7) is 5.49. The van der Waals surface area contributed by atoms with Crippen molar-refractivity contribution < 1.29 is 4.79 Å². The molecule has 0 saturated carbocycles. The Morgan fingerprint density at radius 1 is 1.21 bits per heavy atom. The van der Waals surface area contributed by atoms with Gasteiger partial charge in [-0.05, 0) is 58.9 Å². The summed E-state index contributed by atoms with van der Waals surface area (Å²) < 4.78 is 1.10. The smallest absolute Gasteiger partial charge is 0.234 e. The molecule has 1 heterocycles. The second-order valence-corrected chi connectivity index (χ2v) is 8.35. The van der Waals surface area contributed by atoms with Crippen LogP contribution in [0.4, 0.5) is 0 Å². The zero-order valence-corrected chi connectivity index (χ0v) is 17.8. The molecule has 0 radical (unpaired) electrons. The van der Waals surface area contributed by atoms with Gasteiger partial charge in [-0.1, -0.05) is 37.0 Å². The lowest BCUT2D eigenvalue weighted by atomic mass is 10.2. The van der Waals surface area contributed by atoms with Gasteiger partial charge in [0.2, 0.25) is 5.91 Å². The van der Waals surface area contributed by atoms with Gasteiger partial charge in [0.05, 0.1) is 10.3 Å². The fraction of sp³-hybridized carbons (Fsp3) is 0.353. The van der Waals surface area contributed by atoms with Crippen molar-refractivity contribution in [2.45, 2.75) is 26.9 Å². The molecule has 1 N–H and O–H groups in total. The number of hydrogen-bond acceptors (Lipinski definition) is 3. The van der Waals surface area contributed by atoms with Crippen LogP contribution in [0.15, 0.2) is 34.1 Å². The molecule has 132 valence electrons. The van der Waals surface area contributed by atoms with Crippen LogP contribution in [0.25, 0.3) is 0 Å². The van der Waals surface area contributed by atoms with E-state index in [4.69, 9.17) is 23.2 Å². The van der Waals surface area contributed by atoms with Crippen LogP contribution in [-0.4, -0.2) is 24.4 Å². The molecule has 0 aliphatic carbocycles. The van der Waals surface area contributed by atoms with E-state index < -0.39 is 0 Å². The predicted octanol–water partition coefficient (Wildman–Crippen LogP) is 5.59. The first kappa shape index (κ1) is 21.5. The lowest BCUT2D eigenvalue weighted by Crippen LogP contribution is -2.34. The van der Waals surface area contributed by atoms with Crippen LogP contribution in [0.1, 0.15) is 24.3 Å². The lowest BCUT2D eigenvalue weighted by Gasteiger charge is -2.15. The van der Waals surface area contributed by atoms with Crippen molar-refractivity contribution >= 4 is 56.4 Å². The van der Waals surface area contributed by atoms with Gasteiger partial charge in [-0.3, -0.25) is 9.69 Å². The zero-order valence-electron chi connectivity index (χ0n) is 13.9. The number of thiophene rings is 1. The average molecular weight is 452 g/mol. The molecule has 0 spiro atoms. The second-order valence-electron chi connectivity index (χ2n) is 4.93. The number of hydrogen-bond donors (Lipinski definition) is 1. The lowest BCUT2D eigenvalue weighted by molar-refractivity contribution is -0.122. The standard InChI is InChI=1S/C15H15BrCl2N2OS.C2H6/c1-20(8-13-2-3-14(16)22-13)9-15(21)19-7-10-4-11(17)6-12(18)5-10;1-2/h2-6H,7-9H2,1H3,(H,19,21);1-2H3. The summed E-state index contributed by atoms with van der Waals surface area (Å²) in [6.07, 6.45) is 0. The molecule has 0 unspecified atom stereocenters. The minimum Gasteiger partial charge on any atom is -0.351 e. The van der Waals surface area contributed by atoms with Crippen molar-refractivity contribution in [2.75, 3.05) is 13.6 Å². The van der Waals surface area contributed by atoms with Gasteiger partial charge in [-0.2, -0.15) is 0 Å². The van der Waals surface area contributed by atoms with E-state index >= 15 is 0 Å². The molecule has 0 fully saturated rings. The SMILES string of the molecule is CC.CN(CC(=O)NCc1cc(Cl)cc(Cl)c1)Cc1ccc(Br)s1. The quantitative estimate of drug-likeness (QED) is 0.620. The van der Waals surface area contributed by atoms with Gasteiger partial charge in [0.1, 0.15) is 0 Å². The molecule has 1 amide bonds. The number of likely N-dealkylation sites (N-methyl/N-ethyl adjacent to an activating group) is 1. The van der Waals surface area contributed by atoms with Gasteiger partial charge in [-0.15, -0.1) is 11.3 Å². The van der Waals surface area contributed by atoms with Gasteiger partial charge in [0.25, 0.3) is 0 Å². The minimum atomic E-state index is -0.0331. The van der Waals surface area contributed by atoms with Crippen LogP contribution >= 0.6 is 50.5 Å². The van der Waals surface area contributed by atoms with Crippen molar-refractivity contribution in [1.29, 1.82) is 0 Å². The highest BCUT2D eigenvalue weighted by atomic mass is 79.9. The van der Waals surface area contributed by atoms with Gasteiger partial charge in [0.15, 0.2) is 0 Å². The van der Waals surface area contributed by atoms with Crippen LogP contribution in [0.2, 0.25) is 10.0 Å². The van der Waals surface area contributed by atoms with E-state index in [1.807, 2.05) is 31.9 Å². The van der Waals surface area contributed by atoms with Crippen LogP contribution in [0.3, 0.4) is 0 Å². The summed E-state index contributed by atoms with van der Waals surface area (Å²) >= 11 is 17.0. The van der Waals surface area contributed by atoms with E-state index in [-0.39, 0.29) is 5.91 Å². The molecular formula is C17H21BrCl2N2OS. The van der Waals surface area contributed by atoms with E-state index in [0.717, 1.165) is 15.9 Å². The number of benzene rings is 1. The van der Waals surface area contributed by atoms with E-state index in [2.05, 4.69) is 27.3 Å². The molecule has 1 aromatic carbocycles. The van der Waals surface area contributed by atoms with Crippen LogP contribution in [-0.2, 0) is 17.9 Å². The summed E-state index contributed by atoms with van der Waals surface area (Å²) in [5, 5.41) is 4.01. The van der Waals surface area contributed by atoms with Crippen molar-refractivity contribution in [2.24, 2.45) is 0 Å². The Bertz CT molecular complexity index is 644. The fourth-order valence-electron chi connectivity index (χ4n) is 1.97. The third kappa shape index (κ3) is 7.99. The molecule has 0 aliphatic heterocycles. The van der Waals surface area contributed by atoms with Crippen molar-refractivity contribution in [3.05, 3.63) is 54.6 Å². The summed E-state index contributed by atoms with van der Waals surface area (Å²) in [4.78, 5) is 15.2. The first-order chi connectivity index (χ1) is 11.4. The zero-order chi connectivity index (χ0) is 18.1. The summed E-state index contributed by atoms with van der Waals surface area (Å²) in [7, 11) is 1.92. The van der Waals surface area contributed by atoms with E-state index in [1.54, 1.807) is 29.5 Å². The minimum absolute atomic E-state index is 0.0331. The molecule has 0 bridgehead atoms. The molecule has 1 aromatic heterocycles. The maximum absolute atomic E-state index is 12.0. The summed E-state index contributed by atoms with van der Waals surface area (Å²) in [5.41, 5.74) is 0.885. The molecule has 0 aliphatic rings. The summed E-state index contributed by atoms with van der Waals surface area (Å²) in [6, 6.07) is 9.32. The largest absolute Gasteiger partial charge is 0.351 e. The Balaban J connectivity index is 0.00000139. The van der Waals surface area contributed by atoms with E-state index in [0.29, 0.717) is 23.1 Å². The summed E-state index contributed by atoms with van der Waals surface area (Å²) in [5.74, 6) is -0.0331. The van der Waals surface area contributed by atoms with Gasteiger partial charge >= 0.3 is 0 Å². The predicted molar refractivity (Wildman–Crippen MR) is 108 cm³/mol. The maximum Gasteiger partial charge on any atom is 0.234 e. The van der Waals surface area contributed by atoms with Gasteiger partial charge in [0, 0.05) is 28.0 Å². The number of rotatable bonds is 6. The number of amides is 1. The Kier molecular flexibility index (Phi) is 9.93. The molecule has 2 aromatic rings. The first-order valence-corrected chi connectivity index (χ1v) is 9.93. The van der Waals surface area contributed by atoms with Crippen molar-refractivity contribution in [3.63, 3.8) is 0 Å². The molecular weight excluding hydrogens is 431 g/mol. The Hall–Kier alpha value is -0.590. The van der Waals surface area contributed by atoms with Crippen LogP contribution in [0, 0.1) is 0 Å². The number of carbonyl (C=O) groups excluding carboxylic acids is 1. The monoisotopic (exact) mass is 450 g/mol. The molecule has 7 heteroatoms. The highest BCUT2D eigenvalue weighted by molar-refractivity contribution is 9.11. The fourth-order valence-corrected chi connectivity index (χ4v) is 4.11. The molecule has 0 atom stereocenters. The number of carbonyl (C=O) groups is 1. The topological polar surface area (TPSA) is 32.3 Å². The third-order valence-electron chi connectivity index (χ3n) is 2.88. The van der Waals surface area contributed by atoms with Crippen LogP contribution in [0.5, 0.6) is 0 Å². The van der Waals surface area contributed by atoms with Gasteiger partial charge in [-0.25, -0.2) is 0 Å². The Morgan fingerprint density at radius 3 is 2.38 bits per heavy atom.